The molecule has 0 unspecified atom stereocenters. The second-order valence-electron chi connectivity index (χ2n) is 24.1. The van der Waals surface area contributed by atoms with Crippen molar-refractivity contribution in [2.45, 2.75) is 155 Å². The van der Waals surface area contributed by atoms with Crippen LogP contribution in [0.3, 0.4) is 0 Å². The molecular formula is C69H88N6O9. The molecule has 3 N–H and O–H groups in total. The lowest BCUT2D eigenvalue weighted by molar-refractivity contribution is -0.193. The summed E-state index contributed by atoms with van der Waals surface area (Å²) >= 11 is 0. The molecule has 6 fully saturated rings. The number of hydrogen-bond donors (Lipinski definition) is 3. The maximum Gasteiger partial charge on any atom is 0.373 e. The van der Waals surface area contributed by atoms with Crippen LogP contribution in [0.25, 0.3) is 0 Å². The molecule has 0 bridgehead atoms. The number of Topliss-reactive ketones (excluding diaryl/α,β-unsaturated/α-hetero) is 1. The molecule has 3 aromatic rings. The minimum atomic E-state index is -1.17. The number of benzene rings is 3. The van der Waals surface area contributed by atoms with Crippen LogP contribution in [0.4, 0.5) is 17.1 Å². The summed E-state index contributed by atoms with van der Waals surface area (Å²) in [5, 5.41) is 35.0. The highest BCUT2D eigenvalue weighted by Crippen LogP contribution is 2.53. The molecule has 6 saturated heterocycles. The summed E-state index contributed by atoms with van der Waals surface area (Å²) in [5.74, 6) is 1.80. The lowest BCUT2D eigenvalue weighted by atomic mass is 9.69. The largest absolute Gasteiger partial charge is 0.504 e. The van der Waals surface area contributed by atoms with Crippen LogP contribution in [0.1, 0.15) is 137 Å². The Labute approximate surface area is 501 Å². The van der Waals surface area contributed by atoms with E-state index in [0.29, 0.717) is 86.5 Å². The molecule has 9 heterocycles. The molecule has 0 aliphatic carbocycles. The lowest BCUT2D eigenvalue weighted by Gasteiger charge is -2.50. The summed E-state index contributed by atoms with van der Waals surface area (Å²) in [4.78, 5) is 65.9. The van der Waals surface area contributed by atoms with Crippen molar-refractivity contribution < 1.29 is 48.1 Å². The Hall–Kier alpha value is -6.38. The summed E-state index contributed by atoms with van der Waals surface area (Å²) in [6.45, 7) is 28.8. The quantitative estimate of drug-likeness (QED) is 0.110. The molecule has 0 aromatic heterocycles. The number of allylic oxidation sites excluding steroid dienone is 5. The van der Waals surface area contributed by atoms with Crippen molar-refractivity contribution in [1.29, 1.82) is 0 Å². The molecule has 15 heteroatoms. The van der Waals surface area contributed by atoms with Crippen molar-refractivity contribution in [3.8, 4) is 0 Å². The highest BCUT2D eigenvalue weighted by Gasteiger charge is 2.56. The first-order chi connectivity index (χ1) is 41.3. The number of carbonyl (C=O) groups is 1. The molecular weight excluding hydrogens is 1060 g/mol. The Morgan fingerprint density at radius 2 is 1.00 bits per heavy atom. The van der Waals surface area contributed by atoms with E-state index >= 15 is 0 Å². The van der Waals surface area contributed by atoms with E-state index in [9.17, 15) is 24.2 Å². The standard InChI is InChI=1S/C23H30N2O2.C22H30N2O2.C22H28N2O.2CO2/c1-5-16-13-25-11-10-23(27)21-14(3)8-7-9-19(21)24-22(23)20(25)12-18(16)17(6-2)15(4)26;1-5-16-12-24-10-9-22(25)20-14(2)7-6-8-18(20)23-21(22)19(24)11-17(16)15(3)13-26-4;1-5-14(3)17-12-19-21-22(25,10-11-24(19)13-16(17)6-2)20-15(4)8-7-9-18(20)23-21;2*2-1-3/h6-9,16,18,20,27H,5,10-13H2,1-4H3;6-8,13,16-17,19,25H,5,9-12H2,1-4H3;5-9,16-17,19,25H,2,10-13H2,1,3-4H3;;/b17-6-;15-13-;14-5-;;/t16-,18+,20-,23+;2*16-,17+,19-,22-;;/m100../s1/i20D;2*19D;;. The van der Waals surface area contributed by atoms with E-state index in [1.807, 2.05) is 101 Å². The maximum absolute atomic E-state index is 12.3. The minimum absolute atomic E-state index is 0.0242. The zero-order valence-corrected chi connectivity index (χ0v) is 51.1. The molecule has 9 aliphatic rings. The highest BCUT2D eigenvalue weighted by molar-refractivity contribution is 6.07. The molecule has 3 aromatic carbocycles. The van der Waals surface area contributed by atoms with Crippen LogP contribution in [0.5, 0.6) is 0 Å². The summed E-state index contributed by atoms with van der Waals surface area (Å²) < 4.78 is 33.6. The van der Waals surface area contributed by atoms with Crippen LogP contribution in [0, 0.1) is 56.3 Å². The second kappa shape index (κ2) is 26.5. The number of rotatable bonds is 8. The first-order valence-electron chi connectivity index (χ1n) is 31.4. The zero-order valence-electron chi connectivity index (χ0n) is 54.1. The molecule has 9 aliphatic heterocycles. The first-order valence-corrected chi connectivity index (χ1v) is 29.9. The predicted octanol–water partition coefficient (Wildman–Crippen LogP) is 10.8. The van der Waals surface area contributed by atoms with E-state index in [1.54, 1.807) is 14.0 Å². The van der Waals surface area contributed by atoms with Crippen LogP contribution >= 0.6 is 0 Å². The van der Waals surface area contributed by atoms with Crippen LogP contribution in [-0.4, -0.2) is 130 Å². The van der Waals surface area contributed by atoms with Crippen molar-refractivity contribution in [3.63, 3.8) is 0 Å². The third-order valence-corrected chi connectivity index (χ3v) is 19.7. The molecule has 12 atom stereocenters. The van der Waals surface area contributed by atoms with Crippen molar-refractivity contribution in [3.05, 3.63) is 136 Å². The van der Waals surface area contributed by atoms with Gasteiger partial charge in [-0.1, -0.05) is 86.9 Å². The number of methoxy groups -OCH3 is 1. The third kappa shape index (κ3) is 11.6. The Balaban J connectivity index is 0.000000162. The summed E-state index contributed by atoms with van der Waals surface area (Å²) in [7, 11) is 1.68. The lowest BCUT2D eigenvalue weighted by Crippen LogP contribution is -2.60. The van der Waals surface area contributed by atoms with Gasteiger partial charge in [0, 0.05) is 56.0 Å². The van der Waals surface area contributed by atoms with Gasteiger partial charge < -0.3 is 20.1 Å². The van der Waals surface area contributed by atoms with Gasteiger partial charge in [-0.3, -0.25) is 34.5 Å². The number of ether oxygens (including phenoxy) is 1. The topological polar surface area (TPSA) is 202 Å². The van der Waals surface area contributed by atoms with Crippen molar-refractivity contribution in [2.75, 3.05) is 46.4 Å². The fourth-order valence-electron chi connectivity index (χ4n) is 15.4. The monoisotopic (exact) mass is 1150 g/mol. The van der Waals surface area contributed by atoms with E-state index < -0.39 is 34.9 Å². The Morgan fingerprint density at radius 1 is 0.631 bits per heavy atom. The number of ketones is 1. The van der Waals surface area contributed by atoms with Gasteiger partial charge in [-0.2, -0.15) is 19.2 Å². The zero-order chi connectivity index (χ0) is 63.8. The normalized spacial score (nSPS) is 34.9. The van der Waals surface area contributed by atoms with Gasteiger partial charge in [0.1, 0.15) is 16.8 Å². The number of hydrogen-bond acceptors (Lipinski definition) is 15. The number of nitrogens with zero attached hydrogens (tertiary/aromatic N) is 6. The summed E-state index contributed by atoms with van der Waals surface area (Å²) in [6, 6.07) is 14.8. The number of piperidine rings is 6. The fraction of sp³-hybridized carbons (Fsp3) is 0.536. The van der Waals surface area contributed by atoms with Crippen LogP contribution in [0.2, 0.25) is 0 Å². The SMILES string of the molecule is O=C=O.O=C=O.[2H][C@@]12C[C@H](/C(C)=C\C)[C@@H](C=C)CN1CC[C@@]1(O)C2=Nc2cccc(C)c21.[2H][C@@]12C[C@H](/C(C)=C\OC)[C@@H](CC)CN1CC[C@@]1(O)C2=Nc2cccc(C)c21.[2H][C@]12C[C@H](/C(=C\C)C(C)=O)[C@H](CC)CN1CC[C@@]1(O)C2=Nc2cccc(C)c21. The van der Waals surface area contributed by atoms with Gasteiger partial charge in [0.05, 0.1) is 69.7 Å². The van der Waals surface area contributed by atoms with Crippen LogP contribution in [-0.2, 0) is 45.5 Å². The van der Waals surface area contributed by atoms with Crippen LogP contribution in [0.15, 0.2) is 117 Å². The van der Waals surface area contributed by atoms with Crippen molar-refractivity contribution >= 4 is 52.3 Å². The Bertz CT molecular complexity index is 3410. The summed E-state index contributed by atoms with van der Waals surface area (Å²) in [6.07, 6.45) is 14.0. The van der Waals surface area contributed by atoms with E-state index in [2.05, 4.69) is 62.0 Å². The number of carbonyl (C=O) groups excluding carboxylic acids is 5. The number of aliphatic hydroxyl groups is 3. The van der Waals surface area contributed by atoms with E-state index in [-0.39, 0.29) is 35.8 Å². The molecule has 12 rings (SSSR count). The van der Waals surface area contributed by atoms with Gasteiger partial charge in [-0.15, -0.1) is 6.58 Å². The molecule has 0 amide bonds. The van der Waals surface area contributed by atoms with Crippen molar-refractivity contribution in [2.24, 2.45) is 50.5 Å². The Kier molecular flexibility index (Phi) is 18.7. The number of aliphatic imine (C=N–C) groups is 3. The number of fused-ring (bicyclic) bond motifs is 15. The average Bonchev–Trinajstić information content (AvgIpc) is 1.65. The molecule has 448 valence electrons. The van der Waals surface area contributed by atoms with E-state index in [4.69, 9.17) is 38.9 Å². The van der Waals surface area contributed by atoms with Crippen LogP contribution < -0.4 is 0 Å². The van der Waals surface area contributed by atoms with Gasteiger partial charge in [0.25, 0.3) is 0 Å². The number of aryl methyl sites for hydroxylation is 3. The van der Waals surface area contributed by atoms with Gasteiger partial charge in [0.15, 0.2) is 5.78 Å². The highest BCUT2D eigenvalue weighted by atomic mass is 16.5. The molecule has 84 heavy (non-hydrogen) atoms. The van der Waals surface area contributed by atoms with E-state index in [1.165, 1.54) is 11.1 Å². The maximum atomic E-state index is 12.3. The molecule has 0 radical (unpaired) electrons. The second-order valence-corrected chi connectivity index (χ2v) is 24.1. The molecule has 15 nitrogen and oxygen atoms in total. The fourth-order valence-corrected chi connectivity index (χ4v) is 15.4. The van der Waals surface area contributed by atoms with Gasteiger partial charge in [-0.05, 0) is 175 Å². The molecule has 0 saturated carbocycles. The van der Waals surface area contributed by atoms with Gasteiger partial charge in [-0.25, -0.2) is 0 Å². The van der Waals surface area contributed by atoms with Gasteiger partial charge in [0.2, 0.25) is 0 Å². The van der Waals surface area contributed by atoms with E-state index in [0.717, 1.165) is 95.0 Å². The molecule has 0 spiro atoms. The Morgan fingerprint density at radius 3 is 1.35 bits per heavy atom. The van der Waals surface area contributed by atoms with Crippen molar-refractivity contribution in [1.82, 2.24) is 14.7 Å². The third-order valence-electron chi connectivity index (χ3n) is 19.7. The summed E-state index contributed by atoms with van der Waals surface area (Å²) in [5.41, 5.74) is 9.97. The first kappa shape index (κ1) is 59.4. The van der Waals surface area contributed by atoms with Gasteiger partial charge >= 0.3 is 12.3 Å². The smallest absolute Gasteiger partial charge is 0.373 e. The average molecular weight is 1150 g/mol. The predicted molar refractivity (Wildman–Crippen MR) is 327 cm³/mol. The minimum Gasteiger partial charge on any atom is -0.504 e.